The third-order valence-corrected chi connectivity index (χ3v) is 3.22. The van der Waals surface area contributed by atoms with Gasteiger partial charge in [0, 0.05) is 23.9 Å². The smallest absolute Gasteiger partial charge is 0.270 e. The normalized spacial score (nSPS) is 10.4. The highest BCUT2D eigenvalue weighted by atomic mass is 32.1. The molecule has 0 aliphatic rings. The van der Waals surface area contributed by atoms with E-state index in [1.807, 2.05) is 31.2 Å². The van der Waals surface area contributed by atoms with Crippen LogP contribution in [0.1, 0.15) is 11.1 Å². The first-order valence-electron chi connectivity index (χ1n) is 7.05. The van der Waals surface area contributed by atoms with Crippen molar-refractivity contribution in [2.24, 2.45) is 0 Å². The number of rotatable bonds is 4. The predicted molar refractivity (Wildman–Crippen MR) is 97.7 cm³/mol. The second-order valence-electron chi connectivity index (χ2n) is 5.00. The molecule has 0 aliphatic heterocycles. The van der Waals surface area contributed by atoms with Crippen LogP contribution in [0.15, 0.2) is 54.6 Å². The maximum absolute atomic E-state index is 11.8. The standard InChI is InChI=1S/C17H15N3O3S/c1-12-4-2-6-14(10-12)18-17(24)19-16(21)9-8-13-5-3-7-15(11-13)20(22)23/h2-11H,1H3,(H2,18,19,21,24)/b9-8+. The van der Waals surface area contributed by atoms with E-state index < -0.39 is 10.8 Å². The summed E-state index contributed by atoms with van der Waals surface area (Å²) in [4.78, 5) is 22.1. The van der Waals surface area contributed by atoms with Crippen LogP contribution in [0.25, 0.3) is 6.08 Å². The largest absolute Gasteiger partial charge is 0.332 e. The number of non-ortho nitro benzene ring substituents is 1. The minimum absolute atomic E-state index is 0.0332. The monoisotopic (exact) mass is 341 g/mol. The van der Waals surface area contributed by atoms with E-state index in [2.05, 4.69) is 10.6 Å². The molecule has 1 amide bonds. The van der Waals surface area contributed by atoms with Gasteiger partial charge in [-0.1, -0.05) is 24.3 Å². The van der Waals surface area contributed by atoms with Gasteiger partial charge in [-0.2, -0.15) is 0 Å². The Morgan fingerprint density at radius 2 is 1.96 bits per heavy atom. The zero-order chi connectivity index (χ0) is 17.5. The van der Waals surface area contributed by atoms with E-state index in [9.17, 15) is 14.9 Å². The number of amides is 1. The van der Waals surface area contributed by atoms with E-state index in [4.69, 9.17) is 12.2 Å². The van der Waals surface area contributed by atoms with E-state index >= 15 is 0 Å². The molecule has 6 nitrogen and oxygen atoms in total. The molecule has 0 atom stereocenters. The zero-order valence-corrected chi connectivity index (χ0v) is 13.7. The molecule has 0 bridgehead atoms. The van der Waals surface area contributed by atoms with Crippen molar-refractivity contribution >= 4 is 40.7 Å². The SMILES string of the molecule is Cc1cccc(NC(=S)NC(=O)/C=C/c2cccc([N+](=O)[O-])c2)c1. The number of carbonyl (C=O) groups excluding carboxylic acids is 1. The molecule has 2 aromatic rings. The molecule has 24 heavy (non-hydrogen) atoms. The molecular formula is C17H15N3O3S. The number of benzene rings is 2. The fraction of sp³-hybridized carbons (Fsp3) is 0.0588. The van der Waals surface area contributed by atoms with Gasteiger partial charge in [0.25, 0.3) is 5.69 Å². The Balaban J connectivity index is 1.93. The van der Waals surface area contributed by atoms with Crippen LogP contribution in [0.5, 0.6) is 0 Å². The Morgan fingerprint density at radius 1 is 1.21 bits per heavy atom. The van der Waals surface area contributed by atoms with E-state index in [1.165, 1.54) is 24.3 Å². The molecule has 0 saturated carbocycles. The van der Waals surface area contributed by atoms with Gasteiger partial charge in [-0.05, 0) is 48.5 Å². The maximum atomic E-state index is 11.8. The third-order valence-electron chi connectivity index (χ3n) is 3.02. The van der Waals surface area contributed by atoms with Gasteiger partial charge < -0.3 is 5.32 Å². The molecule has 0 heterocycles. The molecule has 0 saturated heterocycles. The van der Waals surface area contributed by atoms with Gasteiger partial charge in [-0.3, -0.25) is 20.2 Å². The highest BCUT2D eigenvalue weighted by Crippen LogP contribution is 2.14. The Bertz CT molecular complexity index is 818. The number of nitro groups is 1. The number of anilines is 1. The van der Waals surface area contributed by atoms with Crippen molar-refractivity contribution in [2.75, 3.05) is 5.32 Å². The Morgan fingerprint density at radius 3 is 2.67 bits per heavy atom. The number of nitrogens with zero attached hydrogens (tertiary/aromatic N) is 1. The topological polar surface area (TPSA) is 84.3 Å². The van der Waals surface area contributed by atoms with Crippen molar-refractivity contribution in [1.29, 1.82) is 0 Å². The second kappa shape index (κ2) is 7.98. The summed E-state index contributed by atoms with van der Waals surface area (Å²) in [5, 5.41) is 16.3. The lowest BCUT2D eigenvalue weighted by Gasteiger charge is -2.08. The predicted octanol–water partition coefficient (Wildman–Crippen LogP) is 3.43. The van der Waals surface area contributed by atoms with Crippen LogP contribution in [-0.2, 0) is 4.79 Å². The molecule has 0 unspecified atom stereocenters. The first-order valence-corrected chi connectivity index (χ1v) is 7.46. The Labute approximate surface area is 144 Å². The van der Waals surface area contributed by atoms with Crippen LogP contribution in [-0.4, -0.2) is 15.9 Å². The van der Waals surface area contributed by atoms with E-state index in [1.54, 1.807) is 12.1 Å². The lowest BCUT2D eigenvalue weighted by atomic mass is 10.2. The minimum Gasteiger partial charge on any atom is -0.332 e. The molecule has 7 heteroatoms. The number of aryl methyl sites for hydroxylation is 1. The van der Waals surface area contributed by atoms with Crippen LogP contribution in [0, 0.1) is 17.0 Å². The van der Waals surface area contributed by atoms with Gasteiger partial charge >= 0.3 is 0 Å². The highest BCUT2D eigenvalue weighted by Gasteiger charge is 2.05. The second-order valence-corrected chi connectivity index (χ2v) is 5.41. The van der Waals surface area contributed by atoms with Gasteiger partial charge in [-0.15, -0.1) is 0 Å². The summed E-state index contributed by atoms with van der Waals surface area (Å²) in [5.41, 5.74) is 2.37. The van der Waals surface area contributed by atoms with Gasteiger partial charge in [-0.25, -0.2) is 0 Å². The first-order chi connectivity index (χ1) is 11.4. The number of nitro benzene ring substituents is 1. The van der Waals surface area contributed by atoms with Gasteiger partial charge in [0.1, 0.15) is 0 Å². The van der Waals surface area contributed by atoms with Crippen LogP contribution in [0.4, 0.5) is 11.4 Å². The summed E-state index contributed by atoms with van der Waals surface area (Å²) in [7, 11) is 0. The highest BCUT2D eigenvalue weighted by molar-refractivity contribution is 7.80. The van der Waals surface area contributed by atoms with Crippen molar-refractivity contribution in [1.82, 2.24) is 5.32 Å². The van der Waals surface area contributed by atoms with Crippen LogP contribution in [0.3, 0.4) is 0 Å². The number of hydrogen-bond acceptors (Lipinski definition) is 4. The first kappa shape index (κ1) is 17.3. The van der Waals surface area contributed by atoms with Crippen LogP contribution >= 0.6 is 12.2 Å². The molecule has 0 fully saturated rings. The van der Waals surface area contributed by atoms with Crippen molar-refractivity contribution in [3.05, 3.63) is 75.8 Å². The maximum Gasteiger partial charge on any atom is 0.270 e. The van der Waals surface area contributed by atoms with E-state index in [0.29, 0.717) is 5.56 Å². The number of nitrogens with one attached hydrogen (secondary N) is 2. The Kier molecular flexibility index (Phi) is 5.75. The van der Waals surface area contributed by atoms with Crippen molar-refractivity contribution in [3.8, 4) is 0 Å². The zero-order valence-electron chi connectivity index (χ0n) is 12.9. The lowest BCUT2D eigenvalue weighted by Crippen LogP contribution is -2.32. The molecule has 0 radical (unpaired) electrons. The van der Waals surface area contributed by atoms with E-state index in [-0.39, 0.29) is 10.8 Å². The van der Waals surface area contributed by atoms with Crippen molar-refractivity contribution in [2.45, 2.75) is 6.92 Å². The van der Waals surface area contributed by atoms with Gasteiger partial charge in [0.15, 0.2) is 5.11 Å². The molecule has 2 rings (SSSR count). The summed E-state index contributed by atoms with van der Waals surface area (Å²) < 4.78 is 0. The molecule has 2 N–H and O–H groups in total. The summed E-state index contributed by atoms with van der Waals surface area (Å²) in [5.74, 6) is -0.424. The summed E-state index contributed by atoms with van der Waals surface area (Å²) in [6.45, 7) is 1.95. The summed E-state index contributed by atoms with van der Waals surface area (Å²) in [6, 6.07) is 13.6. The molecule has 122 valence electrons. The molecule has 2 aromatic carbocycles. The molecule has 0 aliphatic carbocycles. The van der Waals surface area contributed by atoms with Crippen molar-refractivity contribution < 1.29 is 9.72 Å². The van der Waals surface area contributed by atoms with Gasteiger partial charge in [0.05, 0.1) is 4.92 Å². The fourth-order valence-corrected chi connectivity index (χ4v) is 2.17. The molecular weight excluding hydrogens is 326 g/mol. The quantitative estimate of drug-likeness (QED) is 0.385. The Hall–Kier alpha value is -3.06. The summed E-state index contributed by atoms with van der Waals surface area (Å²) in [6.07, 6.45) is 2.75. The summed E-state index contributed by atoms with van der Waals surface area (Å²) >= 11 is 5.08. The molecule has 0 spiro atoms. The molecule has 0 aromatic heterocycles. The number of thiocarbonyl (C=S) groups is 1. The van der Waals surface area contributed by atoms with E-state index in [0.717, 1.165) is 11.3 Å². The minimum atomic E-state index is -0.488. The fourth-order valence-electron chi connectivity index (χ4n) is 1.95. The van der Waals surface area contributed by atoms with Crippen molar-refractivity contribution in [3.63, 3.8) is 0 Å². The number of hydrogen-bond donors (Lipinski definition) is 2. The van der Waals surface area contributed by atoms with Crippen LogP contribution in [0.2, 0.25) is 0 Å². The third kappa shape index (κ3) is 5.29. The number of carbonyl (C=O) groups is 1. The van der Waals surface area contributed by atoms with Crippen LogP contribution < -0.4 is 10.6 Å². The van der Waals surface area contributed by atoms with Gasteiger partial charge in [0.2, 0.25) is 5.91 Å². The lowest BCUT2D eigenvalue weighted by molar-refractivity contribution is -0.384. The average molecular weight is 341 g/mol. The average Bonchev–Trinajstić information content (AvgIpc) is 2.53.